The lowest BCUT2D eigenvalue weighted by Crippen LogP contribution is -2.02. The Morgan fingerprint density at radius 1 is 1.32 bits per heavy atom. The van der Waals surface area contributed by atoms with Crippen LogP contribution in [0.25, 0.3) is 0 Å². The number of halogens is 1. The lowest BCUT2D eigenvalue weighted by Gasteiger charge is -2.10. The van der Waals surface area contributed by atoms with E-state index in [0.717, 1.165) is 27.2 Å². The van der Waals surface area contributed by atoms with E-state index in [2.05, 4.69) is 33.2 Å². The molecule has 2 heterocycles. The molecule has 98 valence electrons. The summed E-state index contributed by atoms with van der Waals surface area (Å²) in [6, 6.07) is 5.91. The van der Waals surface area contributed by atoms with Gasteiger partial charge in [0.2, 0.25) is 6.79 Å². The first-order chi connectivity index (χ1) is 9.24. The lowest BCUT2D eigenvalue weighted by molar-refractivity contribution is 0.174. The van der Waals surface area contributed by atoms with Crippen LogP contribution in [-0.2, 0) is 6.54 Å². The molecule has 0 saturated heterocycles. The van der Waals surface area contributed by atoms with Gasteiger partial charge in [-0.15, -0.1) is 0 Å². The van der Waals surface area contributed by atoms with Gasteiger partial charge in [-0.05, 0) is 36.2 Å². The SMILES string of the molecule is Cc1ccncc1NCc1cc2c(cc1Br)OCO2. The minimum atomic E-state index is 0.292. The molecule has 0 amide bonds. The molecule has 0 saturated carbocycles. The Hall–Kier alpha value is -1.75. The highest BCUT2D eigenvalue weighted by molar-refractivity contribution is 9.10. The smallest absolute Gasteiger partial charge is 0.231 e. The number of aryl methyl sites for hydroxylation is 1. The van der Waals surface area contributed by atoms with Gasteiger partial charge in [-0.25, -0.2) is 0 Å². The molecule has 4 nitrogen and oxygen atoms in total. The van der Waals surface area contributed by atoms with Crippen LogP contribution in [0, 0.1) is 6.92 Å². The van der Waals surface area contributed by atoms with Crippen LogP contribution in [-0.4, -0.2) is 11.8 Å². The third-order valence-electron chi connectivity index (χ3n) is 3.05. The van der Waals surface area contributed by atoms with E-state index < -0.39 is 0 Å². The van der Waals surface area contributed by atoms with Crippen molar-refractivity contribution in [2.45, 2.75) is 13.5 Å². The van der Waals surface area contributed by atoms with Gasteiger partial charge in [0.15, 0.2) is 11.5 Å². The Balaban J connectivity index is 1.79. The van der Waals surface area contributed by atoms with E-state index in [0.29, 0.717) is 13.3 Å². The molecule has 0 atom stereocenters. The molecule has 0 fully saturated rings. The Morgan fingerprint density at radius 3 is 2.89 bits per heavy atom. The first-order valence-electron chi connectivity index (χ1n) is 5.96. The van der Waals surface area contributed by atoms with Crippen molar-refractivity contribution in [2.24, 2.45) is 0 Å². The summed E-state index contributed by atoms with van der Waals surface area (Å²) in [7, 11) is 0. The first kappa shape index (κ1) is 12.3. The second-order valence-corrected chi connectivity index (χ2v) is 5.20. The molecule has 2 aromatic rings. The van der Waals surface area contributed by atoms with Crippen molar-refractivity contribution in [1.82, 2.24) is 4.98 Å². The van der Waals surface area contributed by atoms with Gasteiger partial charge in [0.05, 0.1) is 11.9 Å². The highest BCUT2D eigenvalue weighted by atomic mass is 79.9. The van der Waals surface area contributed by atoms with Crippen LogP contribution in [0.5, 0.6) is 11.5 Å². The molecule has 0 aliphatic carbocycles. The van der Waals surface area contributed by atoms with Crippen LogP contribution in [0.2, 0.25) is 0 Å². The van der Waals surface area contributed by atoms with Crippen LogP contribution in [0.3, 0.4) is 0 Å². The molecule has 1 aliphatic heterocycles. The fourth-order valence-corrected chi connectivity index (χ4v) is 2.40. The van der Waals surface area contributed by atoms with E-state index in [9.17, 15) is 0 Å². The highest BCUT2D eigenvalue weighted by Crippen LogP contribution is 2.37. The van der Waals surface area contributed by atoms with E-state index >= 15 is 0 Å². The fourth-order valence-electron chi connectivity index (χ4n) is 1.93. The number of aromatic nitrogens is 1. The monoisotopic (exact) mass is 320 g/mol. The summed E-state index contributed by atoms with van der Waals surface area (Å²) in [5, 5.41) is 3.37. The molecule has 0 radical (unpaired) electrons. The van der Waals surface area contributed by atoms with E-state index in [1.807, 2.05) is 24.4 Å². The number of benzene rings is 1. The number of nitrogens with one attached hydrogen (secondary N) is 1. The van der Waals surface area contributed by atoms with E-state index in [4.69, 9.17) is 9.47 Å². The average Bonchev–Trinajstić information content (AvgIpc) is 2.84. The van der Waals surface area contributed by atoms with Gasteiger partial charge in [-0.3, -0.25) is 4.98 Å². The van der Waals surface area contributed by atoms with E-state index in [-0.39, 0.29) is 0 Å². The number of rotatable bonds is 3. The molecule has 0 bridgehead atoms. The molecular formula is C14H13BrN2O2. The maximum atomic E-state index is 5.39. The lowest BCUT2D eigenvalue weighted by atomic mass is 10.2. The number of nitrogens with zero attached hydrogens (tertiary/aromatic N) is 1. The summed E-state index contributed by atoms with van der Waals surface area (Å²) in [5.74, 6) is 1.58. The summed E-state index contributed by atoms with van der Waals surface area (Å²) in [5.41, 5.74) is 3.33. The van der Waals surface area contributed by atoms with Crippen LogP contribution < -0.4 is 14.8 Å². The maximum Gasteiger partial charge on any atom is 0.231 e. The van der Waals surface area contributed by atoms with Gasteiger partial charge in [0.25, 0.3) is 0 Å². The van der Waals surface area contributed by atoms with E-state index in [1.54, 1.807) is 6.20 Å². The van der Waals surface area contributed by atoms with Gasteiger partial charge < -0.3 is 14.8 Å². The number of pyridine rings is 1. The van der Waals surface area contributed by atoms with Crippen molar-refractivity contribution in [3.8, 4) is 11.5 Å². The average molecular weight is 321 g/mol. The molecule has 1 aliphatic rings. The summed E-state index contributed by atoms with van der Waals surface area (Å²) in [4.78, 5) is 4.12. The normalized spacial score (nSPS) is 12.5. The highest BCUT2D eigenvalue weighted by Gasteiger charge is 2.16. The number of ether oxygens (including phenoxy) is 2. The van der Waals surface area contributed by atoms with Gasteiger partial charge in [-0.2, -0.15) is 0 Å². The molecule has 1 N–H and O–H groups in total. The van der Waals surface area contributed by atoms with Crippen molar-refractivity contribution in [1.29, 1.82) is 0 Å². The third-order valence-corrected chi connectivity index (χ3v) is 3.79. The third kappa shape index (κ3) is 2.51. The largest absolute Gasteiger partial charge is 0.454 e. The van der Waals surface area contributed by atoms with Crippen molar-refractivity contribution in [3.63, 3.8) is 0 Å². The second-order valence-electron chi connectivity index (χ2n) is 4.34. The van der Waals surface area contributed by atoms with Crippen molar-refractivity contribution >= 4 is 21.6 Å². The molecule has 0 unspecified atom stereocenters. The number of hydrogen-bond donors (Lipinski definition) is 1. The predicted molar refractivity (Wildman–Crippen MR) is 76.6 cm³/mol. The predicted octanol–water partition coefficient (Wildman–Crippen LogP) is 3.49. The molecule has 19 heavy (non-hydrogen) atoms. The van der Waals surface area contributed by atoms with Crippen molar-refractivity contribution < 1.29 is 9.47 Å². The first-order valence-corrected chi connectivity index (χ1v) is 6.76. The minimum Gasteiger partial charge on any atom is -0.454 e. The number of fused-ring (bicyclic) bond motifs is 1. The van der Waals surface area contributed by atoms with Gasteiger partial charge >= 0.3 is 0 Å². The Bertz CT molecular complexity index is 616. The van der Waals surface area contributed by atoms with Crippen LogP contribution in [0.1, 0.15) is 11.1 Å². The molecule has 5 heteroatoms. The van der Waals surface area contributed by atoms with Crippen LogP contribution >= 0.6 is 15.9 Å². The zero-order valence-corrected chi connectivity index (χ0v) is 12.0. The van der Waals surface area contributed by atoms with Crippen molar-refractivity contribution in [3.05, 3.63) is 46.2 Å². The summed E-state index contributed by atoms with van der Waals surface area (Å²) in [6.07, 6.45) is 3.62. The molecule has 1 aromatic heterocycles. The fraction of sp³-hybridized carbons (Fsp3) is 0.214. The number of hydrogen-bond acceptors (Lipinski definition) is 4. The summed E-state index contributed by atoms with van der Waals surface area (Å²) < 4.78 is 11.7. The number of anilines is 1. The standard InChI is InChI=1S/C14H13BrN2O2/c1-9-2-3-16-7-12(9)17-6-10-4-13-14(5-11(10)15)19-8-18-13/h2-5,7,17H,6,8H2,1H3. The molecule has 3 rings (SSSR count). The quantitative estimate of drug-likeness (QED) is 0.940. The topological polar surface area (TPSA) is 43.4 Å². The van der Waals surface area contributed by atoms with E-state index in [1.165, 1.54) is 5.56 Å². The Labute approximate surface area is 119 Å². The zero-order valence-electron chi connectivity index (χ0n) is 10.4. The molecule has 0 spiro atoms. The van der Waals surface area contributed by atoms with Gasteiger partial charge in [0, 0.05) is 17.2 Å². The molecular weight excluding hydrogens is 308 g/mol. The Kier molecular flexibility index (Phi) is 3.29. The minimum absolute atomic E-state index is 0.292. The molecule has 1 aromatic carbocycles. The maximum absolute atomic E-state index is 5.39. The van der Waals surface area contributed by atoms with Gasteiger partial charge in [-0.1, -0.05) is 15.9 Å². The summed E-state index contributed by atoms with van der Waals surface area (Å²) in [6.45, 7) is 3.04. The van der Waals surface area contributed by atoms with Crippen molar-refractivity contribution in [2.75, 3.05) is 12.1 Å². The summed E-state index contributed by atoms with van der Waals surface area (Å²) >= 11 is 3.55. The Morgan fingerprint density at radius 2 is 2.11 bits per heavy atom. The van der Waals surface area contributed by atoms with Gasteiger partial charge in [0.1, 0.15) is 0 Å². The van der Waals surface area contributed by atoms with Crippen LogP contribution in [0.4, 0.5) is 5.69 Å². The second kappa shape index (κ2) is 5.09. The van der Waals surface area contributed by atoms with Crippen LogP contribution in [0.15, 0.2) is 35.1 Å². The zero-order chi connectivity index (χ0) is 13.2.